The van der Waals surface area contributed by atoms with Gasteiger partial charge >= 0.3 is 0 Å². The summed E-state index contributed by atoms with van der Waals surface area (Å²) in [7, 11) is 1.31. The van der Waals surface area contributed by atoms with Gasteiger partial charge in [0.05, 0.1) is 24.0 Å². The Labute approximate surface area is 169 Å². The Bertz CT molecular complexity index is 1130. The zero-order valence-electron chi connectivity index (χ0n) is 15.6. The zero-order valence-corrected chi connectivity index (χ0v) is 15.6. The Balaban J connectivity index is 1.89. The maximum Gasteiger partial charge on any atom is 0.259 e. The van der Waals surface area contributed by atoms with Gasteiger partial charge < -0.3 is 25.6 Å². The normalized spacial score (nSPS) is 10.4. The third kappa shape index (κ3) is 4.14. The first kappa shape index (κ1) is 20.6. The van der Waals surface area contributed by atoms with Crippen LogP contribution in [0.4, 0.5) is 20.2 Å². The Kier molecular flexibility index (Phi) is 5.82. The summed E-state index contributed by atoms with van der Waals surface area (Å²) in [6.07, 6.45) is 0. The number of anilines is 2. The van der Waals surface area contributed by atoms with E-state index in [0.717, 1.165) is 12.1 Å². The van der Waals surface area contributed by atoms with Crippen molar-refractivity contribution in [1.29, 1.82) is 0 Å². The third-order valence-corrected chi connectivity index (χ3v) is 4.16. The highest BCUT2D eigenvalue weighted by Crippen LogP contribution is 2.27. The molecule has 0 aliphatic rings. The summed E-state index contributed by atoms with van der Waals surface area (Å²) in [5.74, 6) is -4.73. The lowest BCUT2D eigenvalue weighted by molar-refractivity contribution is 0.102. The summed E-state index contributed by atoms with van der Waals surface area (Å²) in [6.45, 7) is 0. The van der Waals surface area contributed by atoms with Crippen molar-refractivity contribution in [3.05, 3.63) is 77.4 Å². The van der Waals surface area contributed by atoms with E-state index < -0.39 is 34.9 Å². The summed E-state index contributed by atoms with van der Waals surface area (Å²) in [5, 5.41) is 23.4. The fourth-order valence-electron chi connectivity index (χ4n) is 2.64. The van der Waals surface area contributed by atoms with Crippen LogP contribution in [0.3, 0.4) is 0 Å². The number of aromatic hydroxyl groups is 2. The van der Waals surface area contributed by atoms with Gasteiger partial charge in [0.25, 0.3) is 11.8 Å². The molecule has 0 atom stereocenters. The minimum atomic E-state index is -1.02. The number of hydrogen-bond acceptors (Lipinski definition) is 5. The fourth-order valence-corrected chi connectivity index (χ4v) is 2.64. The topological polar surface area (TPSA) is 108 Å². The molecular weight excluding hydrogens is 398 g/mol. The number of rotatable bonds is 5. The summed E-state index contributed by atoms with van der Waals surface area (Å²) in [4.78, 5) is 25.1. The van der Waals surface area contributed by atoms with Gasteiger partial charge in [-0.15, -0.1) is 0 Å². The monoisotopic (exact) mass is 414 g/mol. The Morgan fingerprint density at radius 2 is 1.37 bits per heavy atom. The third-order valence-electron chi connectivity index (χ3n) is 4.16. The molecule has 0 unspecified atom stereocenters. The van der Waals surface area contributed by atoms with Crippen LogP contribution < -0.4 is 15.4 Å². The molecule has 0 radical (unpaired) electrons. The molecule has 0 fully saturated rings. The Morgan fingerprint density at radius 3 is 1.90 bits per heavy atom. The molecule has 7 nitrogen and oxygen atoms in total. The van der Waals surface area contributed by atoms with E-state index in [0.29, 0.717) is 0 Å². The van der Waals surface area contributed by atoms with Gasteiger partial charge in [-0.25, -0.2) is 8.78 Å². The first-order valence-electron chi connectivity index (χ1n) is 8.57. The van der Waals surface area contributed by atoms with Crippen LogP contribution in [0.25, 0.3) is 0 Å². The Morgan fingerprint density at radius 1 is 0.833 bits per heavy atom. The molecule has 3 rings (SSSR count). The molecule has 3 aromatic carbocycles. The molecular formula is C21H16F2N2O5. The van der Waals surface area contributed by atoms with Crippen LogP contribution in [-0.4, -0.2) is 29.1 Å². The van der Waals surface area contributed by atoms with Gasteiger partial charge in [-0.2, -0.15) is 0 Å². The molecule has 0 spiro atoms. The molecule has 0 aromatic heterocycles. The number of hydrogen-bond donors (Lipinski definition) is 4. The van der Waals surface area contributed by atoms with E-state index in [1.54, 1.807) is 0 Å². The number of amides is 2. The molecule has 30 heavy (non-hydrogen) atoms. The van der Waals surface area contributed by atoms with E-state index in [1.807, 2.05) is 0 Å². The van der Waals surface area contributed by atoms with Gasteiger partial charge in [0.15, 0.2) is 23.1 Å². The maximum atomic E-state index is 14.0. The van der Waals surface area contributed by atoms with E-state index >= 15 is 0 Å². The van der Waals surface area contributed by atoms with Crippen molar-refractivity contribution in [1.82, 2.24) is 0 Å². The maximum absolute atomic E-state index is 14.0. The number of benzene rings is 3. The molecule has 0 bridgehead atoms. The average Bonchev–Trinajstić information content (AvgIpc) is 2.74. The van der Waals surface area contributed by atoms with E-state index in [4.69, 9.17) is 4.74 Å². The van der Waals surface area contributed by atoms with Crippen LogP contribution in [0.2, 0.25) is 0 Å². The van der Waals surface area contributed by atoms with Crippen LogP contribution in [0, 0.1) is 11.6 Å². The van der Waals surface area contributed by atoms with E-state index in [2.05, 4.69) is 10.6 Å². The summed E-state index contributed by atoms with van der Waals surface area (Å²) in [6, 6.07) is 11.3. The van der Waals surface area contributed by atoms with Gasteiger partial charge in [-0.05, 0) is 42.5 Å². The number of ether oxygens (including phenoxy) is 1. The van der Waals surface area contributed by atoms with Crippen molar-refractivity contribution in [3.63, 3.8) is 0 Å². The van der Waals surface area contributed by atoms with Crippen molar-refractivity contribution in [3.8, 4) is 17.2 Å². The van der Waals surface area contributed by atoms with Crippen molar-refractivity contribution < 1.29 is 33.3 Å². The van der Waals surface area contributed by atoms with E-state index in [1.165, 1.54) is 49.6 Å². The largest absolute Gasteiger partial charge is 0.505 e. The lowest BCUT2D eigenvalue weighted by Crippen LogP contribution is -2.17. The Hall–Kier alpha value is -4.14. The lowest BCUT2D eigenvalue weighted by atomic mass is 10.1. The molecule has 2 amide bonds. The van der Waals surface area contributed by atoms with Gasteiger partial charge in [0.2, 0.25) is 0 Å². The highest BCUT2D eigenvalue weighted by atomic mass is 19.1. The van der Waals surface area contributed by atoms with Gasteiger partial charge in [0.1, 0.15) is 5.75 Å². The molecule has 0 saturated heterocycles. The van der Waals surface area contributed by atoms with Crippen LogP contribution in [0.1, 0.15) is 20.7 Å². The van der Waals surface area contributed by atoms with Crippen molar-refractivity contribution >= 4 is 23.2 Å². The van der Waals surface area contributed by atoms with E-state index in [-0.39, 0.29) is 28.3 Å². The van der Waals surface area contributed by atoms with Crippen molar-refractivity contribution in [2.24, 2.45) is 0 Å². The molecule has 154 valence electrons. The van der Waals surface area contributed by atoms with Crippen molar-refractivity contribution in [2.75, 3.05) is 17.7 Å². The summed E-state index contributed by atoms with van der Waals surface area (Å²) < 4.78 is 33.0. The second kappa shape index (κ2) is 8.48. The fraction of sp³-hybridized carbons (Fsp3) is 0.0476. The van der Waals surface area contributed by atoms with E-state index in [9.17, 15) is 28.6 Å². The van der Waals surface area contributed by atoms with Crippen molar-refractivity contribution in [2.45, 2.75) is 0 Å². The van der Waals surface area contributed by atoms with Crippen LogP contribution >= 0.6 is 0 Å². The number of halogens is 2. The number of phenols is 2. The molecule has 9 heteroatoms. The lowest BCUT2D eigenvalue weighted by Gasteiger charge is -2.12. The first-order valence-corrected chi connectivity index (χ1v) is 8.57. The first-order chi connectivity index (χ1) is 14.3. The number of phenolic OH excluding ortho intramolecular Hbond substituents is 2. The van der Waals surface area contributed by atoms with Crippen LogP contribution in [-0.2, 0) is 0 Å². The quantitative estimate of drug-likeness (QED) is 0.507. The predicted octanol–water partition coefficient (Wildman–Crippen LogP) is 3.89. The second-order valence-corrected chi connectivity index (χ2v) is 6.10. The number of carbonyl (C=O) groups excluding carboxylic acids is 2. The highest BCUT2D eigenvalue weighted by molar-refractivity contribution is 6.10. The smallest absolute Gasteiger partial charge is 0.259 e. The predicted molar refractivity (Wildman–Crippen MR) is 105 cm³/mol. The molecule has 4 N–H and O–H groups in total. The van der Waals surface area contributed by atoms with Gasteiger partial charge in [-0.3, -0.25) is 9.59 Å². The number of carbonyl (C=O) groups is 2. The molecule has 0 aliphatic carbocycles. The van der Waals surface area contributed by atoms with Gasteiger partial charge in [-0.1, -0.05) is 12.1 Å². The van der Waals surface area contributed by atoms with Gasteiger partial charge in [0, 0.05) is 5.56 Å². The number of nitrogens with one attached hydrogen (secondary N) is 2. The highest BCUT2D eigenvalue weighted by Gasteiger charge is 2.19. The molecule has 0 heterocycles. The minimum absolute atomic E-state index is 0.0138. The SMILES string of the molecule is COc1ccc(C(=O)Nc2cccc(O)c2F)cc1C(=O)Nc1cccc(O)c1F. The van der Waals surface area contributed by atoms with Crippen LogP contribution in [0.15, 0.2) is 54.6 Å². The number of methoxy groups -OCH3 is 1. The molecule has 3 aromatic rings. The second-order valence-electron chi connectivity index (χ2n) is 6.10. The minimum Gasteiger partial charge on any atom is -0.505 e. The standard InChI is InChI=1S/C21H16F2N2O5/c1-30-17-9-8-11(20(28)24-13-4-2-6-15(26)18(13)22)10-12(17)21(29)25-14-5-3-7-16(27)19(14)23/h2-10,26-27H,1H3,(H,24,28)(H,25,29). The van der Waals surface area contributed by atoms with Crippen LogP contribution in [0.5, 0.6) is 17.2 Å². The summed E-state index contributed by atoms with van der Waals surface area (Å²) >= 11 is 0. The molecule has 0 saturated carbocycles. The molecule has 0 aliphatic heterocycles. The zero-order chi connectivity index (χ0) is 21.8. The average molecular weight is 414 g/mol. The summed E-state index contributed by atoms with van der Waals surface area (Å²) in [5.41, 5.74) is -0.619.